The third-order valence-electron chi connectivity index (χ3n) is 4.01. The normalized spacial score (nSPS) is 12.8. The molecule has 1 aliphatic rings. The third kappa shape index (κ3) is 3.87. The van der Waals surface area contributed by atoms with E-state index in [9.17, 15) is 9.59 Å². The first-order chi connectivity index (χ1) is 13.0. The Kier molecular flexibility index (Phi) is 5.30. The topological polar surface area (TPSA) is 83.1 Å². The highest BCUT2D eigenvalue weighted by molar-refractivity contribution is 6.08. The average molecular weight is 369 g/mol. The number of allylic oxidation sites excluding steroid dienone is 1. The number of hydrogen-bond acceptors (Lipinski definition) is 6. The number of ether oxygens (including phenoxy) is 4. The van der Waals surface area contributed by atoms with Crippen LogP contribution in [0.3, 0.4) is 0 Å². The lowest BCUT2D eigenvalue weighted by Gasteiger charge is -2.18. The molecule has 7 nitrogen and oxygen atoms in total. The van der Waals surface area contributed by atoms with E-state index in [0.717, 1.165) is 5.56 Å². The zero-order valence-electron chi connectivity index (χ0n) is 15.2. The molecule has 0 saturated carbocycles. The van der Waals surface area contributed by atoms with Gasteiger partial charge in [-0.25, -0.2) is 0 Å². The van der Waals surface area contributed by atoms with Crippen LogP contribution < -0.4 is 24.3 Å². The summed E-state index contributed by atoms with van der Waals surface area (Å²) in [7, 11) is 4.59. The van der Waals surface area contributed by atoms with E-state index in [4.69, 9.17) is 18.9 Å². The molecule has 2 aromatic rings. The summed E-state index contributed by atoms with van der Waals surface area (Å²) in [4.78, 5) is 23.8. The molecular weight excluding hydrogens is 350 g/mol. The summed E-state index contributed by atoms with van der Waals surface area (Å²) in [5, 5.41) is 2.69. The third-order valence-corrected chi connectivity index (χ3v) is 4.01. The first-order valence-corrected chi connectivity index (χ1v) is 8.15. The Labute approximate surface area is 156 Å². The van der Waals surface area contributed by atoms with Crippen LogP contribution in [0.25, 0.3) is 6.08 Å². The molecule has 1 aliphatic heterocycles. The summed E-state index contributed by atoms with van der Waals surface area (Å²) in [6, 6.07) is 8.38. The van der Waals surface area contributed by atoms with E-state index in [2.05, 4.69) is 5.32 Å². The highest BCUT2D eigenvalue weighted by atomic mass is 16.5. The van der Waals surface area contributed by atoms with E-state index >= 15 is 0 Å². The van der Waals surface area contributed by atoms with Gasteiger partial charge in [-0.05, 0) is 42.0 Å². The lowest BCUT2D eigenvalue weighted by Crippen LogP contribution is -2.25. The number of carbonyl (C=O) groups is 2. The molecule has 1 N–H and O–H groups in total. The van der Waals surface area contributed by atoms with Crippen molar-refractivity contribution < 1.29 is 28.5 Å². The monoisotopic (exact) mass is 369 g/mol. The van der Waals surface area contributed by atoms with Crippen molar-refractivity contribution >= 4 is 23.5 Å². The number of anilines is 1. The number of benzene rings is 2. The van der Waals surface area contributed by atoms with Crippen LogP contribution in [0.1, 0.15) is 15.9 Å². The van der Waals surface area contributed by atoms with Crippen molar-refractivity contribution in [3.05, 3.63) is 47.5 Å². The lowest BCUT2D eigenvalue weighted by molar-refractivity contribution is -0.118. The zero-order valence-corrected chi connectivity index (χ0v) is 15.2. The highest BCUT2D eigenvalue weighted by Crippen LogP contribution is 2.38. The van der Waals surface area contributed by atoms with Gasteiger partial charge >= 0.3 is 0 Å². The molecular formula is C20H19NO6. The number of ketones is 1. The second-order valence-corrected chi connectivity index (χ2v) is 5.70. The van der Waals surface area contributed by atoms with Gasteiger partial charge in [0, 0.05) is 5.56 Å². The number of rotatable bonds is 6. The molecule has 0 aliphatic carbocycles. The van der Waals surface area contributed by atoms with E-state index in [1.54, 1.807) is 36.4 Å². The van der Waals surface area contributed by atoms with Gasteiger partial charge in [0.15, 0.2) is 23.9 Å². The van der Waals surface area contributed by atoms with Crippen molar-refractivity contribution in [2.24, 2.45) is 0 Å². The number of hydrogen-bond donors (Lipinski definition) is 1. The van der Waals surface area contributed by atoms with Gasteiger partial charge in [-0.3, -0.25) is 9.59 Å². The lowest BCUT2D eigenvalue weighted by atomic mass is 10.1. The maximum atomic E-state index is 12.5. The Bertz CT molecular complexity index is 894. The van der Waals surface area contributed by atoms with Crippen LogP contribution in [-0.2, 0) is 4.79 Å². The van der Waals surface area contributed by atoms with E-state index in [1.165, 1.54) is 27.4 Å². The second-order valence-electron chi connectivity index (χ2n) is 5.70. The van der Waals surface area contributed by atoms with Gasteiger partial charge < -0.3 is 24.3 Å². The van der Waals surface area contributed by atoms with Crippen molar-refractivity contribution in [1.29, 1.82) is 0 Å². The second kappa shape index (κ2) is 7.82. The summed E-state index contributed by atoms with van der Waals surface area (Å²) in [6.07, 6.45) is 3.11. The molecule has 0 spiro atoms. The predicted molar refractivity (Wildman–Crippen MR) is 100 cm³/mol. The molecule has 0 unspecified atom stereocenters. The molecule has 7 heteroatoms. The van der Waals surface area contributed by atoms with Crippen molar-refractivity contribution in [1.82, 2.24) is 0 Å². The van der Waals surface area contributed by atoms with Crippen LogP contribution in [0.5, 0.6) is 23.0 Å². The van der Waals surface area contributed by atoms with Crippen molar-refractivity contribution in [2.75, 3.05) is 33.3 Å². The minimum atomic E-state index is -0.219. The van der Waals surface area contributed by atoms with E-state index in [-0.39, 0.29) is 18.3 Å². The van der Waals surface area contributed by atoms with Crippen LogP contribution in [0, 0.1) is 0 Å². The van der Waals surface area contributed by atoms with E-state index in [1.807, 2.05) is 0 Å². The van der Waals surface area contributed by atoms with Crippen molar-refractivity contribution in [3.8, 4) is 23.0 Å². The number of methoxy groups -OCH3 is 3. The molecule has 1 amide bonds. The average Bonchev–Trinajstić information content (AvgIpc) is 2.70. The van der Waals surface area contributed by atoms with Gasteiger partial charge in [-0.2, -0.15) is 0 Å². The fourth-order valence-electron chi connectivity index (χ4n) is 2.69. The highest BCUT2D eigenvalue weighted by Gasteiger charge is 2.17. The Balaban J connectivity index is 1.84. The smallest absolute Gasteiger partial charge is 0.262 e. The maximum Gasteiger partial charge on any atom is 0.262 e. The largest absolute Gasteiger partial charge is 0.493 e. The maximum absolute atomic E-state index is 12.5. The standard InChI is InChI=1S/C20H19NO6/c1-24-17-8-12(9-18(25-2)20(17)26-3)4-7-15(22)13-5-6-14-16(10-13)27-11-19(23)21-14/h4-10H,11H2,1-3H3,(H,21,23). The summed E-state index contributed by atoms with van der Waals surface area (Å²) in [5.41, 5.74) is 1.73. The molecule has 140 valence electrons. The van der Waals surface area contributed by atoms with Gasteiger partial charge in [0.25, 0.3) is 5.91 Å². The molecule has 0 aromatic heterocycles. The Morgan fingerprint density at radius 1 is 1.07 bits per heavy atom. The first kappa shape index (κ1) is 18.3. The minimum Gasteiger partial charge on any atom is -0.493 e. The van der Waals surface area contributed by atoms with Crippen LogP contribution in [0.2, 0.25) is 0 Å². The first-order valence-electron chi connectivity index (χ1n) is 8.15. The van der Waals surface area contributed by atoms with E-state index < -0.39 is 0 Å². The summed E-state index contributed by atoms with van der Waals surface area (Å²) in [5.74, 6) is 1.54. The van der Waals surface area contributed by atoms with Gasteiger partial charge in [-0.15, -0.1) is 0 Å². The number of nitrogens with one attached hydrogen (secondary N) is 1. The molecule has 0 fully saturated rings. The molecule has 0 bridgehead atoms. The minimum absolute atomic E-state index is 0.0636. The van der Waals surface area contributed by atoms with Gasteiger partial charge in [0.2, 0.25) is 5.75 Å². The van der Waals surface area contributed by atoms with Gasteiger partial charge in [-0.1, -0.05) is 6.08 Å². The number of fused-ring (bicyclic) bond motifs is 1. The van der Waals surface area contributed by atoms with Gasteiger partial charge in [0.1, 0.15) is 5.75 Å². The molecule has 3 rings (SSSR count). The van der Waals surface area contributed by atoms with Crippen LogP contribution >= 0.6 is 0 Å². The summed E-state index contributed by atoms with van der Waals surface area (Å²) < 4.78 is 21.2. The number of amides is 1. The van der Waals surface area contributed by atoms with Crippen LogP contribution in [0.4, 0.5) is 5.69 Å². The molecule has 0 saturated heterocycles. The van der Waals surface area contributed by atoms with Crippen LogP contribution in [0.15, 0.2) is 36.4 Å². The fraction of sp³-hybridized carbons (Fsp3) is 0.200. The Hall–Kier alpha value is -3.48. The fourth-order valence-corrected chi connectivity index (χ4v) is 2.69. The molecule has 27 heavy (non-hydrogen) atoms. The quantitative estimate of drug-likeness (QED) is 0.623. The Morgan fingerprint density at radius 3 is 2.41 bits per heavy atom. The van der Waals surface area contributed by atoms with Crippen LogP contribution in [-0.4, -0.2) is 39.6 Å². The Morgan fingerprint density at radius 2 is 1.78 bits per heavy atom. The zero-order chi connectivity index (χ0) is 19.4. The van der Waals surface area contributed by atoms with E-state index in [0.29, 0.717) is 34.2 Å². The SMILES string of the molecule is COc1cc(C=CC(=O)c2ccc3c(c2)OCC(=O)N3)cc(OC)c1OC. The van der Waals surface area contributed by atoms with Gasteiger partial charge in [0.05, 0.1) is 27.0 Å². The molecule has 0 atom stereocenters. The van der Waals surface area contributed by atoms with Crippen molar-refractivity contribution in [2.45, 2.75) is 0 Å². The summed E-state index contributed by atoms with van der Waals surface area (Å²) in [6.45, 7) is -0.0636. The van der Waals surface area contributed by atoms with Crippen molar-refractivity contribution in [3.63, 3.8) is 0 Å². The molecule has 0 radical (unpaired) electrons. The number of carbonyl (C=O) groups excluding carboxylic acids is 2. The predicted octanol–water partition coefficient (Wildman–Crippen LogP) is 2.94. The molecule has 1 heterocycles. The molecule has 2 aromatic carbocycles. The summed E-state index contributed by atoms with van der Waals surface area (Å²) >= 11 is 0.